The van der Waals surface area contributed by atoms with Gasteiger partial charge in [-0.25, -0.2) is 13.1 Å². The summed E-state index contributed by atoms with van der Waals surface area (Å²) in [6.07, 6.45) is 0. The third kappa shape index (κ3) is 4.49. The van der Waals surface area contributed by atoms with Gasteiger partial charge >= 0.3 is 0 Å². The van der Waals surface area contributed by atoms with Crippen LogP contribution >= 0.6 is 0 Å². The van der Waals surface area contributed by atoms with Gasteiger partial charge in [-0.05, 0) is 42.5 Å². The Morgan fingerprint density at radius 1 is 1.04 bits per heavy atom. The first-order valence-corrected chi connectivity index (χ1v) is 9.02. The highest BCUT2D eigenvalue weighted by molar-refractivity contribution is 7.89. The zero-order valence-corrected chi connectivity index (χ0v) is 15.0. The molecule has 7 nitrogen and oxygen atoms in total. The van der Waals surface area contributed by atoms with Crippen LogP contribution in [0, 0.1) is 0 Å². The molecule has 2 N–H and O–H groups in total. The number of anilines is 1. The topological polar surface area (TPSA) is 93.7 Å². The first-order valence-electron chi connectivity index (χ1n) is 7.54. The molecule has 0 heterocycles. The van der Waals surface area contributed by atoms with E-state index in [0.717, 1.165) is 0 Å². The smallest absolute Gasteiger partial charge is 0.255 e. The summed E-state index contributed by atoms with van der Waals surface area (Å²) < 4.78 is 37.1. The maximum Gasteiger partial charge on any atom is 0.255 e. The van der Waals surface area contributed by atoms with E-state index >= 15 is 0 Å². The number of sulfonamides is 1. The minimum absolute atomic E-state index is 0.0840. The number of ether oxygens (including phenoxy) is 2. The molecule has 0 saturated carbocycles. The van der Waals surface area contributed by atoms with E-state index in [2.05, 4.69) is 10.0 Å². The summed E-state index contributed by atoms with van der Waals surface area (Å²) in [5.41, 5.74) is 0.769. The predicted octanol–water partition coefficient (Wildman–Crippen LogP) is 2.25. The predicted molar refractivity (Wildman–Crippen MR) is 94.8 cm³/mol. The number of hydrogen-bond acceptors (Lipinski definition) is 5. The number of benzene rings is 2. The summed E-state index contributed by atoms with van der Waals surface area (Å²) in [6, 6.07) is 11.0. The Labute approximate surface area is 147 Å². The van der Waals surface area contributed by atoms with Crippen molar-refractivity contribution in [3.05, 3.63) is 48.0 Å². The molecule has 2 aromatic rings. The van der Waals surface area contributed by atoms with E-state index in [-0.39, 0.29) is 22.8 Å². The van der Waals surface area contributed by atoms with E-state index in [1.807, 2.05) is 0 Å². The van der Waals surface area contributed by atoms with Crippen molar-refractivity contribution in [3.63, 3.8) is 0 Å². The van der Waals surface area contributed by atoms with Crippen LogP contribution in [0.4, 0.5) is 5.69 Å². The van der Waals surface area contributed by atoms with Crippen molar-refractivity contribution < 1.29 is 22.7 Å². The van der Waals surface area contributed by atoms with E-state index in [4.69, 9.17) is 9.47 Å². The summed E-state index contributed by atoms with van der Waals surface area (Å²) in [6.45, 7) is 1.90. The van der Waals surface area contributed by atoms with Gasteiger partial charge in [-0.15, -0.1) is 0 Å². The molecule has 0 bridgehead atoms. The van der Waals surface area contributed by atoms with Gasteiger partial charge in [0.25, 0.3) is 5.91 Å². The second-order valence-corrected chi connectivity index (χ2v) is 6.78. The van der Waals surface area contributed by atoms with Gasteiger partial charge in [0.2, 0.25) is 10.0 Å². The average molecular weight is 364 g/mol. The standard InChI is InChI=1S/C17H20N2O5S/c1-4-18-25(21,22)16-11-12(5-10-15(16)24-3)17(20)19-13-6-8-14(23-2)9-7-13/h5-11,18H,4H2,1-3H3,(H,19,20). The zero-order chi connectivity index (χ0) is 18.4. The lowest BCUT2D eigenvalue weighted by molar-refractivity contribution is 0.102. The summed E-state index contributed by atoms with van der Waals surface area (Å²) in [7, 11) is -0.837. The van der Waals surface area contributed by atoms with Gasteiger partial charge in [-0.2, -0.15) is 0 Å². The number of carbonyl (C=O) groups excluding carboxylic acids is 1. The maximum atomic E-state index is 12.4. The van der Waals surface area contributed by atoms with Gasteiger partial charge < -0.3 is 14.8 Å². The maximum absolute atomic E-state index is 12.4. The molecular formula is C17H20N2O5S. The fraction of sp³-hybridized carbons (Fsp3) is 0.235. The summed E-state index contributed by atoms with van der Waals surface area (Å²) in [4.78, 5) is 12.3. The number of carbonyl (C=O) groups is 1. The van der Waals surface area contributed by atoms with Crippen LogP contribution in [0.2, 0.25) is 0 Å². The number of nitrogens with one attached hydrogen (secondary N) is 2. The lowest BCUT2D eigenvalue weighted by atomic mass is 10.2. The molecule has 25 heavy (non-hydrogen) atoms. The van der Waals surface area contributed by atoms with Crippen molar-refractivity contribution in [2.75, 3.05) is 26.1 Å². The Hall–Kier alpha value is -2.58. The molecule has 134 valence electrons. The Morgan fingerprint density at radius 2 is 1.72 bits per heavy atom. The van der Waals surface area contributed by atoms with Crippen LogP contribution in [0.25, 0.3) is 0 Å². The molecule has 1 amide bonds. The quantitative estimate of drug-likeness (QED) is 0.786. The number of amides is 1. The molecule has 0 radical (unpaired) electrons. The molecule has 2 rings (SSSR count). The fourth-order valence-corrected chi connectivity index (χ4v) is 3.41. The summed E-state index contributed by atoms with van der Waals surface area (Å²) in [5, 5.41) is 2.71. The zero-order valence-electron chi connectivity index (χ0n) is 14.2. The Bertz CT molecular complexity index is 848. The van der Waals surface area contributed by atoms with Crippen LogP contribution in [0.1, 0.15) is 17.3 Å². The first-order chi connectivity index (χ1) is 11.9. The molecule has 0 aliphatic rings. The highest BCUT2D eigenvalue weighted by atomic mass is 32.2. The van der Waals surface area contributed by atoms with E-state index in [0.29, 0.717) is 11.4 Å². The van der Waals surface area contributed by atoms with E-state index in [1.54, 1.807) is 38.3 Å². The third-order valence-electron chi connectivity index (χ3n) is 3.40. The fourth-order valence-electron chi connectivity index (χ4n) is 2.17. The average Bonchev–Trinajstić information content (AvgIpc) is 2.61. The highest BCUT2D eigenvalue weighted by Crippen LogP contribution is 2.25. The third-order valence-corrected chi connectivity index (χ3v) is 4.96. The van der Waals surface area contributed by atoms with Gasteiger partial charge in [0.15, 0.2) is 0 Å². The largest absolute Gasteiger partial charge is 0.497 e. The van der Waals surface area contributed by atoms with Gasteiger partial charge in [0.05, 0.1) is 14.2 Å². The first kappa shape index (κ1) is 18.8. The molecule has 0 spiro atoms. The number of methoxy groups -OCH3 is 2. The van der Waals surface area contributed by atoms with Crippen molar-refractivity contribution in [1.29, 1.82) is 0 Å². The Balaban J connectivity index is 2.30. The van der Waals surface area contributed by atoms with Crippen LogP contribution in [0.15, 0.2) is 47.4 Å². The summed E-state index contributed by atoms with van der Waals surface area (Å²) >= 11 is 0. The normalized spacial score (nSPS) is 11.0. The lowest BCUT2D eigenvalue weighted by Gasteiger charge is -2.12. The molecule has 0 fully saturated rings. The second-order valence-electron chi connectivity index (χ2n) is 5.05. The Morgan fingerprint density at radius 3 is 2.28 bits per heavy atom. The van der Waals surface area contributed by atoms with Crippen molar-refractivity contribution >= 4 is 21.6 Å². The number of hydrogen-bond donors (Lipinski definition) is 2. The monoisotopic (exact) mass is 364 g/mol. The van der Waals surface area contributed by atoms with Crippen molar-refractivity contribution in [2.45, 2.75) is 11.8 Å². The van der Waals surface area contributed by atoms with Crippen molar-refractivity contribution in [2.24, 2.45) is 0 Å². The molecule has 0 aliphatic heterocycles. The number of rotatable bonds is 7. The van der Waals surface area contributed by atoms with E-state index < -0.39 is 15.9 Å². The van der Waals surface area contributed by atoms with Crippen LogP contribution in [0.3, 0.4) is 0 Å². The van der Waals surface area contributed by atoms with Gasteiger partial charge in [0, 0.05) is 17.8 Å². The highest BCUT2D eigenvalue weighted by Gasteiger charge is 2.21. The van der Waals surface area contributed by atoms with Crippen molar-refractivity contribution in [1.82, 2.24) is 4.72 Å². The molecule has 0 aromatic heterocycles. The Kier molecular flexibility index (Phi) is 6.00. The second kappa shape index (κ2) is 8.00. The molecule has 0 atom stereocenters. The minimum atomic E-state index is -3.76. The minimum Gasteiger partial charge on any atom is -0.497 e. The van der Waals surface area contributed by atoms with E-state index in [9.17, 15) is 13.2 Å². The molecular weight excluding hydrogens is 344 g/mol. The van der Waals surface area contributed by atoms with Gasteiger partial charge in [0.1, 0.15) is 16.4 Å². The van der Waals surface area contributed by atoms with Crippen LogP contribution in [0.5, 0.6) is 11.5 Å². The van der Waals surface area contributed by atoms with Gasteiger partial charge in [-0.1, -0.05) is 6.92 Å². The van der Waals surface area contributed by atoms with Crippen molar-refractivity contribution in [3.8, 4) is 11.5 Å². The summed E-state index contributed by atoms with van der Waals surface area (Å²) in [5.74, 6) is 0.407. The van der Waals surface area contributed by atoms with Crippen LogP contribution in [-0.4, -0.2) is 35.1 Å². The SMILES string of the molecule is CCNS(=O)(=O)c1cc(C(=O)Nc2ccc(OC)cc2)ccc1OC. The molecule has 2 aromatic carbocycles. The molecule has 0 saturated heterocycles. The van der Waals surface area contributed by atoms with Gasteiger partial charge in [-0.3, -0.25) is 4.79 Å². The van der Waals surface area contributed by atoms with Crippen LogP contribution < -0.4 is 19.5 Å². The molecule has 0 aliphatic carbocycles. The van der Waals surface area contributed by atoms with Crippen LogP contribution in [-0.2, 0) is 10.0 Å². The molecule has 8 heteroatoms. The molecule has 0 unspecified atom stereocenters. The lowest BCUT2D eigenvalue weighted by Crippen LogP contribution is -2.24. The van der Waals surface area contributed by atoms with E-state index in [1.165, 1.54) is 25.3 Å².